The van der Waals surface area contributed by atoms with E-state index >= 15 is 0 Å². The third-order valence-corrected chi connectivity index (χ3v) is 2.53. The van der Waals surface area contributed by atoms with Crippen molar-refractivity contribution in [1.29, 1.82) is 0 Å². The van der Waals surface area contributed by atoms with Crippen molar-refractivity contribution in [1.82, 2.24) is 0 Å². The van der Waals surface area contributed by atoms with Crippen LogP contribution in [-0.2, 0) is 4.74 Å². The van der Waals surface area contributed by atoms with Crippen LogP contribution in [0, 0.1) is 0 Å². The number of benzene rings is 1. The highest BCUT2D eigenvalue weighted by Gasteiger charge is 2.07. The second-order valence-corrected chi connectivity index (χ2v) is 4.27. The van der Waals surface area contributed by atoms with Gasteiger partial charge in [-0.15, -0.1) is 0 Å². The Bertz CT molecular complexity index is 353. The Hall–Kier alpha value is -1.42. The minimum absolute atomic E-state index is 0.256. The van der Waals surface area contributed by atoms with Gasteiger partial charge in [-0.3, -0.25) is 0 Å². The normalized spacial score (nSPS) is 10.6. The molecule has 0 atom stereocenters. The van der Waals surface area contributed by atoms with Crippen LogP contribution in [0.15, 0.2) is 18.2 Å². The van der Waals surface area contributed by atoms with E-state index in [0.717, 1.165) is 23.7 Å². The van der Waals surface area contributed by atoms with E-state index in [1.54, 1.807) is 7.11 Å². The van der Waals surface area contributed by atoms with Crippen molar-refractivity contribution in [2.45, 2.75) is 20.0 Å². The first-order valence-corrected chi connectivity index (χ1v) is 5.81. The molecule has 96 valence electrons. The van der Waals surface area contributed by atoms with E-state index in [9.17, 15) is 0 Å². The number of hydrogen-bond donors (Lipinski definition) is 1. The van der Waals surface area contributed by atoms with Gasteiger partial charge in [0.1, 0.15) is 5.75 Å². The van der Waals surface area contributed by atoms with Crippen molar-refractivity contribution in [3.8, 4) is 5.75 Å². The maximum absolute atomic E-state index is 5.94. The van der Waals surface area contributed by atoms with Crippen molar-refractivity contribution < 1.29 is 9.47 Å². The third kappa shape index (κ3) is 4.15. The molecule has 0 aromatic heterocycles. The molecule has 2 N–H and O–H groups in total. The number of nitrogens with zero attached hydrogens (tertiary/aromatic N) is 1. The zero-order valence-corrected chi connectivity index (χ0v) is 11.1. The van der Waals surface area contributed by atoms with Crippen molar-refractivity contribution in [2.24, 2.45) is 0 Å². The minimum atomic E-state index is 0.256. The highest BCUT2D eigenvalue weighted by atomic mass is 16.5. The fraction of sp³-hybridized carbons (Fsp3) is 0.538. The molecule has 17 heavy (non-hydrogen) atoms. The van der Waals surface area contributed by atoms with Gasteiger partial charge in [0.25, 0.3) is 0 Å². The SMILES string of the molecule is COc1ccc(N)c(N(C)CCOC(C)C)c1. The lowest BCUT2D eigenvalue weighted by molar-refractivity contribution is 0.0846. The molecule has 0 amide bonds. The van der Waals surface area contributed by atoms with Crippen LogP contribution in [-0.4, -0.2) is 33.4 Å². The summed E-state index contributed by atoms with van der Waals surface area (Å²) in [6.45, 7) is 5.54. The zero-order chi connectivity index (χ0) is 12.8. The Morgan fingerprint density at radius 2 is 2.06 bits per heavy atom. The van der Waals surface area contributed by atoms with Crippen LogP contribution in [0.5, 0.6) is 5.75 Å². The second kappa shape index (κ2) is 6.35. The molecule has 0 bridgehead atoms. The molecule has 1 aromatic carbocycles. The maximum Gasteiger partial charge on any atom is 0.121 e. The summed E-state index contributed by atoms with van der Waals surface area (Å²) in [5, 5.41) is 0. The van der Waals surface area contributed by atoms with Gasteiger partial charge >= 0.3 is 0 Å². The molecule has 1 rings (SSSR count). The molecule has 4 nitrogen and oxygen atoms in total. The first kappa shape index (κ1) is 13.6. The van der Waals surface area contributed by atoms with Crippen LogP contribution in [0.1, 0.15) is 13.8 Å². The van der Waals surface area contributed by atoms with Gasteiger partial charge in [-0.25, -0.2) is 0 Å². The lowest BCUT2D eigenvalue weighted by atomic mass is 10.2. The molecule has 4 heteroatoms. The molecule has 0 heterocycles. The van der Waals surface area contributed by atoms with Gasteiger partial charge < -0.3 is 20.1 Å². The molecule has 0 aliphatic heterocycles. The van der Waals surface area contributed by atoms with Crippen molar-refractivity contribution in [3.05, 3.63) is 18.2 Å². The molecule has 0 aliphatic carbocycles. The number of anilines is 2. The average Bonchev–Trinajstić information content (AvgIpc) is 2.29. The van der Waals surface area contributed by atoms with Gasteiger partial charge in [-0.2, -0.15) is 0 Å². The molecule has 0 saturated heterocycles. The van der Waals surface area contributed by atoms with E-state index in [1.807, 2.05) is 39.1 Å². The predicted octanol–water partition coefficient (Wildman–Crippen LogP) is 2.14. The summed E-state index contributed by atoms with van der Waals surface area (Å²) >= 11 is 0. The molecular weight excluding hydrogens is 216 g/mol. The Kier molecular flexibility index (Phi) is 5.10. The van der Waals surface area contributed by atoms with Crippen LogP contribution in [0.4, 0.5) is 11.4 Å². The molecule has 0 saturated carbocycles. The number of methoxy groups -OCH3 is 1. The summed E-state index contributed by atoms with van der Waals surface area (Å²) in [6.07, 6.45) is 0.256. The quantitative estimate of drug-likeness (QED) is 0.771. The van der Waals surface area contributed by atoms with Crippen LogP contribution in [0.3, 0.4) is 0 Å². The van der Waals surface area contributed by atoms with E-state index in [0.29, 0.717) is 6.61 Å². The third-order valence-electron chi connectivity index (χ3n) is 2.53. The smallest absolute Gasteiger partial charge is 0.121 e. The highest BCUT2D eigenvalue weighted by molar-refractivity contribution is 5.69. The second-order valence-electron chi connectivity index (χ2n) is 4.27. The Morgan fingerprint density at radius 1 is 1.35 bits per heavy atom. The lowest BCUT2D eigenvalue weighted by Gasteiger charge is -2.22. The Balaban J connectivity index is 2.64. The molecule has 0 aliphatic rings. The topological polar surface area (TPSA) is 47.7 Å². The van der Waals surface area contributed by atoms with E-state index in [-0.39, 0.29) is 6.10 Å². The standard InChI is InChI=1S/C13H22N2O2/c1-10(2)17-8-7-15(3)13-9-11(16-4)5-6-12(13)14/h5-6,9-10H,7-8,14H2,1-4H3. The molecule has 0 unspecified atom stereocenters. The van der Waals surface area contributed by atoms with E-state index < -0.39 is 0 Å². The van der Waals surface area contributed by atoms with Gasteiger partial charge in [0, 0.05) is 19.7 Å². The summed E-state index contributed by atoms with van der Waals surface area (Å²) in [7, 11) is 3.64. The lowest BCUT2D eigenvalue weighted by Crippen LogP contribution is -2.24. The largest absolute Gasteiger partial charge is 0.497 e. The van der Waals surface area contributed by atoms with Gasteiger partial charge in [-0.05, 0) is 26.0 Å². The van der Waals surface area contributed by atoms with E-state index in [4.69, 9.17) is 15.2 Å². The summed E-state index contributed by atoms with van der Waals surface area (Å²) < 4.78 is 10.7. The van der Waals surface area contributed by atoms with E-state index in [1.165, 1.54) is 0 Å². The fourth-order valence-corrected chi connectivity index (χ4v) is 1.53. The fourth-order valence-electron chi connectivity index (χ4n) is 1.53. The van der Waals surface area contributed by atoms with Gasteiger partial charge in [0.05, 0.1) is 31.2 Å². The van der Waals surface area contributed by atoms with Crippen molar-refractivity contribution >= 4 is 11.4 Å². The average molecular weight is 238 g/mol. The van der Waals surface area contributed by atoms with Gasteiger partial charge in [-0.1, -0.05) is 0 Å². The Morgan fingerprint density at radius 3 is 2.65 bits per heavy atom. The molecule has 0 spiro atoms. The van der Waals surface area contributed by atoms with Gasteiger partial charge in [0.15, 0.2) is 0 Å². The first-order valence-electron chi connectivity index (χ1n) is 5.81. The van der Waals surface area contributed by atoms with Crippen LogP contribution >= 0.6 is 0 Å². The van der Waals surface area contributed by atoms with E-state index in [2.05, 4.69) is 4.90 Å². The summed E-state index contributed by atoms with van der Waals surface area (Å²) in [5.41, 5.74) is 7.66. The molecule has 0 fully saturated rings. The first-order chi connectivity index (χ1) is 8.04. The molecule has 0 radical (unpaired) electrons. The maximum atomic E-state index is 5.94. The zero-order valence-electron chi connectivity index (χ0n) is 11.1. The number of likely N-dealkylation sites (N-methyl/N-ethyl adjacent to an activating group) is 1. The Labute approximate surface area is 103 Å². The molecular formula is C13H22N2O2. The van der Waals surface area contributed by atoms with Gasteiger partial charge in [0.2, 0.25) is 0 Å². The predicted molar refractivity (Wildman–Crippen MR) is 71.8 cm³/mol. The monoisotopic (exact) mass is 238 g/mol. The minimum Gasteiger partial charge on any atom is -0.497 e. The van der Waals surface area contributed by atoms with Crippen LogP contribution in [0.2, 0.25) is 0 Å². The van der Waals surface area contributed by atoms with Crippen molar-refractivity contribution in [2.75, 3.05) is 37.9 Å². The summed E-state index contributed by atoms with van der Waals surface area (Å²) in [5.74, 6) is 0.811. The summed E-state index contributed by atoms with van der Waals surface area (Å²) in [6, 6.07) is 5.65. The number of hydrogen-bond acceptors (Lipinski definition) is 4. The molecule has 1 aromatic rings. The summed E-state index contributed by atoms with van der Waals surface area (Å²) in [4.78, 5) is 2.07. The number of nitrogen functional groups attached to an aromatic ring is 1. The number of ether oxygens (including phenoxy) is 2. The number of rotatable bonds is 6. The van der Waals surface area contributed by atoms with Crippen LogP contribution < -0.4 is 15.4 Å². The van der Waals surface area contributed by atoms with Crippen molar-refractivity contribution in [3.63, 3.8) is 0 Å². The van der Waals surface area contributed by atoms with Crippen LogP contribution in [0.25, 0.3) is 0 Å². The highest BCUT2D eigenvalue weighted by Crippen LogP contribution is 2.27. The number of nitrogens with two attached hydrogens (primary N) is 1.